The van der Waals surface area contributed by atoms with Gasteiger partial charge in [0, 0.05) is 48.9 Å². The number of amides is 1. The van der Waals surface area contributed by atoms with Gasteiger partial charge in [0.25, 0.3) is 0 Å². The Hall–Kier alpha value is -3.26. The minimum absolute atomic E-state index is 0.0238. The van der Waals surface area contributed by atoms with Gasteiger partial charge >= 0.3 is 0 Å². The van der Waals surface area contributed by atoms with Gasteiger partial charge in [-0.05, 0) is 36.8 Å². The molecule has 1 unspecified atom stereocenters. The van der Waals surface area contributed by atoms with Crippen molar-refractivity contribution >= 4 is 21.8 Å². The largest absolute Gasteiger partial charge is 0.338 e. The van der Waals surface area contributed by atoms with Crippen molar-refractivity contribution in [3.8, 4) is 16.9 Å². The fourth-order valence-electron chi connectivity index (χ4n) is 3.49. The van der Waals surface area contributed by atoms with E-state index >= 15 is 0 Å². The Morgan fingerprint density at radius 3 is 2.67 bits per heavy atom. The number of nitrogens with zero attached hydrogens (tertiary/aromatic N) is 4. The maximum Gasteiger partial charge on any atom is 0.246 e. The summed E-state index contributed by atoms with van der Waals surface area (Å²) in [5, 5.41) is 4.69. The second kappa shape index (κ2) is 8.23. The highest BCUT2D eigenvalue weighted by Gasteiger charge is 2.32. The summed E-state index contributed by atoms with van der Waals surface area (Å²) in [5.74, 6) is -0.0778. The Labute approximate surface area is 175 Å². The SMILES string of the molecule is CN(C(=O)/C=C/c1cn(-c2ccccc2)nc1-c1cccnc1)C1CCS(=O)(=O)C1. The molecule has 7 nitrogen and oxygen atoms in total. The molecular formula is C22H22N4O3S. The third kappa shape index (κ3) is 4.33. The molecule has 2 aromatic heterocycles. The van der Waals surface area contributed by atoms with Crippen molar-refractivity contribution < 1.29 is 13.2 Å². The highest BCUT2D eigenvalue weighted by molar-refractivity contribution is 7.91. The lowest BCUT2D eigenvalue weighted by atomic mass is 10.1. The van der Waals surface area contributed by atoms with Gasteiger partial charge in [0.05, 0.1) is 17.2 Å². The molecule has 154 valence electrons. The second-order valence-corrected chi connectivity index (χ2v) is 9.52. The zero-order chi connectivity index (χ0) is 21.1. The first-order valence-electron chi connectivity index (χ1n) is 9.64. The number of sulfone groups is 1. The molecule has 0 aliphatic carbocycles. The van der Waals surface area contributed by atoms with Crippen LogP contribution in [0.5, 0.6) is 0 Å². The maximum atomic E-state index is 12.6. The number of hydrogen-bond acceptors (Lipinski definition) is 5. The molecule has 30 heavy (non-hydrogen) atoms. The van der Waals surface area contributed by atoms with Gasteiger partial charge in [0.2, 0.25) is 5.91 Å². The molecule has 0 radical (unpaired) electrons. The van der Waals surface area contributed by atoms with E-state index in [4.69, 9.17) is 5.10 Å². The molecule has 8 heteroatoms. The van der Waals surface area contributed by atoms with Crippen molar-refractivity contribution in [3.63, 3.8) is 0 Å². The molecule has 0 N–H and O–H groups in total. The van der Waals surface area contributed by atoms with Crippen molar-refractivity contribution in [1.82, 2.24) is 19.7 Å². The van der Waals surface area contributed by atoms with Crippen molar-refractivity contribution in [3.05, 3.63) is 72.7 Å². The summed E-state index contributed by atoms with van der Waals surface area (Å²) in [7, 11) is -1.40. The highest BCUT2D eigenvalue weighted by atomic mass is 32.2. The normalized spacial score (nSPS) is 18.0. The first kappa shape index (κ1) is 20.0. The van der Waals surface area contributed by atoms with Crippen LogP contribution in [0.25, 0.3) is 23.0 Å². The van der Waals surface area contributed by atoms with E-state index in [1.165, 1.54) is 11.0 Å². The Balaban J connectivity index is 1.62. The van der Waals surface area contributed by atoms with Crippen LogP contribution in [-0.4, -0.2) is 58.6 Å². The van der Waals surface area contributed by atoms with E-state index < -0.39 is 9.84 Å². The zero-order valence-corrected chi connectivity index (χ0v) is 17.4. The molecule has 3 heterocycles. The first-order valence-corrected chi connectivity index (χ1v) is 11.5. The van der Waals surface area contributed by atoms with Crippen LogP contribution < -0.4 is 0 Å². The summed E-state index contributed by atoms with van der Waals surface area (Å²) >= 11 is 0. The van der Waals surface area contributed by atoms with Crippen LogP contribution in [0.3, 0.4) is 0 Å². The quantitative estimate of drug-likeness (QED) is 0.590. The Morgan fingerprint density at radius 1 is 1.20 bits per heavy atom. The summed E-state index contributed by atoms with van der Waals surface area (Å²) in [6, 6.07) is 13.2. The highest BCUT2D eigenvalue weighted by Crippen LogP contribution is 2.24. The number of para-hydroxylation sites is 1. The second-order valence-electron chi connectivity index (χ2n) is 7.29. The molecular weight excluding hydrogens is 400 g/mol. The number of rotatable bonds is 5. The topological polar surface area (TPSA) is 85.2 Å². The number of likely N-dealkylation sites (N-methyl/N-ethyl adjacent to an activating group) is 1. The predicted molar refractivity (Wildman–Crippen MR) is 116 cm³/mol. The van der Waals surface area contributed by atoms with E-state index in [-0.39, 0.29) is 23.5 Å². The van der Waals surface area contributed by atoms with Gasteiger partial charge in [-0.2, -0.15) is 5.10 Å². The summed E-state index contributed by atoms with van der Waals surface area (Å²) in [6.07, 6.45) is 8.95. The van der Waals surface area contributed by atoms with E-state index in [0.29, 0.717) is 12.1 Å². The minimum atomic E-state index is -3.05. The van der Waals surface area contributed by atoms with E-state index in [1.54, 1.807) is 30.2 Å². The molecule has 1 aromatic carbocycles. The van der Waals surface area contributed by atoms with Crippen molar-refractivity contribution in [2.24, 2.45) is 0 Å². The Morgan fingerprint density at radius 2 is 2.00 bits per heavy atom. The summed E-state index contributed by atoms with van der Waals surface area (Å²) in [5.41, 5.74) is 3.23. The van der Waals surface area contributed by atoms with Crippen LogP contribution in [0, 0.1) is 0 Å². The summed E-state index contributed by atoms with van der Waals surface area (Å²) in [6.45, 7) is 0. The Kier molecular flexibility index (Phi) is 5.50. The molecule has 1 amide bonds. The van der Waals surface area contributed by atoms with Crippen molar-refractivity contribution in [2.75, 3.05) is 18.6 Å². The lowest BCUT2D eigenvalue weighted by Gasteiger charge is -2.21. The standard InChI is InChI=1S/C22H22N4O3S/c1-25(20-11-13-30(28,29)16-20)21(27)10-9-18-15-26(19-7-3-2-4-8-19)24-22(18)17-6-5-12-23-14-17/h2-10,12,14-15,20H,11,13,16H2,1H3/b10-9+. The third-order valence-corrected chi connectivity index (χ3v) is 6.96. The van der Waals surface area contributed by atoms with Gasteiger partial charge in [-0.1, -0.05) is 18.2 Å². The van der Waals surface area contributed by atoms with E-state index in [2.05, 4.69) is 4.98 Å². The number of carbonyl (C=O) groups excluding carboxylic acids is 1. The summed E-state index contributed by atoms with van der Waals surface area (Å²) < 4.78 is 25.2. The molecule has 0 spiro atoms. The average Bonchev–Trinajstić information content (AvgIpc) is 3.36. The van der Waals surface area contributed by atoms with E-state index in [0.717, 1.165) is 16.8 Å². The molecule has 1 atom stereocenters. The molecule has 1 aliphatic rings. The van der Waals surface area contributed by atoms with Gasteiger partial charge in [0.15, 0.2) is 9.84 Å². The number of carbonyl (C=O) groups is 1. The predicted octanol–water partition coefficient (Wildman–Crippen LogP) is 2.59. The van der Waals surface area contributed by atoms with Gasteiger partial charge in [-0.15, -0.1) is 0 Å². The number of pyridine rings is 1. The van der Waals surface area contributed by atoms with Gasteiger partial charge in [0.1, 0.15) is 5.69 Å². The van der Waals surface area contributed by atoms with Gasteiger partial charge in [-0.3, -0.25) is 9.78 Å². The lowest BCUT2D eigenvalue weighted by Crippen LogP contribution is -2.36. The molecule has 3 aromatic rings. The van der Waals surface area contributed by atoms with Crippen LogP contribution >= 0.6 is 0 Å². The van der Waals surface area contributed by atoms with Crippen LogP contribution in [0.4, 0.5) is 0 Å². The number of aromatic nitrogens is 3. The maximum absolute atomic E-state index is 12.6. The molecule has 1 aliphatic heterocycles. The van der Waals surface area contributed by atoms with Crippen molar-refractivity contribution in [1.29, 1.82) is 0 Å². The van der Waals surface area contributed by atoms with Gasteiger partial charge < -0.3 is 4.90 Å². The molecule has 0 bridgehead atoms. The number of benzene rings is 1. The fourth-order valence-corrected chi connectivity index (χ4v) is 5.26. The fraction of sp³-hybridized carbons (Fsp3) is 0.227. The van der Waals surface area contributed by atoms with Gasteiger partial charge in [-0.25, -0.2) is 13.1 Å². The van der Waals surface area contributed by atoms with E-state index in [1.807, 2.05) is 48.7 Å². The molecule has 1 saturated heterocycles. The average molecular weight is 423 g/mol. The minimum Gasteiger partial charge on any atom is -0.338 e. The molecule has 0 saturated carbocycles. The van der Waals surface area contributed by atoms with Crippen LogP contribution in [0.15, 0.2) is 67.1 Å². The first-order chi connectivity index (χ1) is 14.4. The third-order valence-electron chi connectivity index (χ3n) is 5.21. The van der Waals surface area contributed by atoms with Crippen LogP contribution in [0.1, 0.15) is 12.0 Å². The zero-order valence-electron chi connectivity index (χ0n) is 16.5. The smallest absolute Gasteiger partial charge is 0.246 e. The van der Waals surface area contributed by atoms with Crippen LogP contribution in [-0.2, 0) is 14.6 Å². The Bertz CT molecular complexity index is 1170. The van der Waals surface area contributed by atoms with Crippen LogP contribution in [0.2, 0.25) is 0 Å². The van der Waals surface area contributed by atoms with Crippen molar-refractivity contribution in [2.45, 2.75) is 12.5 Å². The lowest BCUT2D eigenvalue weighted by molar-refractivity contribution is -0.126. The summed E-state index contributed by atoms with van der Waals surface area (Å²) in [4.78, 5) is 18.3. The van der Waals surface area contributed by atoms with E-state index in [9.17, 15) is 13.2 Å². The number of hydrogen-bond donors (Lipinski definition) is 0. The molecule has 4 rings (SSSR count). The molecule has 1 fully saturated rings. The monoisotopic (exact) mass is 422 g/mol.